The third-order valence-electron chi connectivity index (χ3n) is 2.79. The van der Waals surface area contributed by atoms with E-state index in [-0.39, 0.29) is 0 Å². The standard InChI is InChI=1S/C14H17ClN2O2/c1-4-18-12-7-5-6-8-13(12)19-9-11-10(2)16-17(3)14(11)15/h5-8H,4,9H2,1-3H3. The van der Waals surface area contributed by atoms with Gasteiger partial charge in [-0.2, -0.15) is 5.10 Å². The maximum absolute atomic E-state index is 6.17. The highest BCUT2D eigenvalue weighted by molar-refractivity contribution is 6.30. The number of aryl methyl sites for hydroxylation is 2. The number of benzene rings is 1. The molecule has 0 saturated carbocycles. The van der Waals surface area contributed by atoms with Crippen molar-refractivity contribution in [1.82, 2.24) is 9.78 Å². The third kappa shape index (κ3) is 3.01. The summed E-state index contributed by atoms with van der Waals surface area (Å²) in [4.78, 5) is 0. The first kappa shape index (κ1) is 13.7. The van der Waals surface area contributed by atoms with Crippen LogP contribution in [0.2, 0.25) is 5.15 Å². The molecule has 0 aliphatic heterocycles. The van der Waals surface area contributed by atoms with Crippen molar-refractivity contribution in [2.45, 2.75) is 20.5 Å². The summed E-state index contributed by atoms with van der Waals surface area (Å²) in [5, 5.41) is 4.86. The van der Waals surface area contributed by atoms with E-state index in [1.165, 1.54) is 0 Å². The number of aromatic nitrogens is 2. The Balaban J connectivity index is 2.14. The number of halogens is 1. The van der Waals surface area contributed by atoms with Crippen LogP contribution in [0, 0.1) is 6.92 Å². The van der Waals surface area contributed by atoms with E-state index in [1.54, 1.807) is 4.68 Å². The summed E-state index contributed by atoms with van der Waals surface area (Å²) in [6, 6.07) is 7.59. The van der Waals surface area contributed by atoms with E-state index in [0.29, 0.717) is 24.1 Å². The summed E-state index contributed by atoms with van der Waals surface area (Å²) >= 11 is 6.17. The average molecular weight is 281 g/mol. The highest BCUT2D eigenvalue weighted by Crippen LogP contribution is 2.28. The minimum Gasteiger partial charge on any atom is -0.490 e. The van der Waals surface area contributed by atoms with Crippen LogP contribution >= 0.6 is 11.6 Å². The first-order valence-corrected chi connectivity index (χ1v) is 6.53. The van der Waals surface area contributed by atoms with E-state index in [4.69, 9.17) is 21.1 Å². The van der Waals surface area contributed by atoms with Gasteiger partial charge in [0, 0.05) is 12.6 Å². The van der Waals surface area contributed by atoms with Crippen LogP contribution in [0.25, 0.3) is 0 Å². The normalized spacial score (nSPS) is 10.5. The summed E-state index contributed by atoms with van der Waals surface area (Å²) in [5.74, 6) is 1.45. The molecule has 0 spiro atoms. The molecule has 1 heterocycles. The van der Waals surface area contributed by atoms with Crippen LogP contribution in [-0.2, 0) is 13.7 Å². The van der Waals surface area contributed by atoms with E-state index < -0.39 is 0 Å². The van der Waals surface area contributed by atoms with E-state index in [2.05, 4.69) is 5.10 Å². The van der Waals surface area contributed by atoms with Gasteiger partial charge in [-0.1, -0.05) is 23.7 Å². The molecule has 0 N–H and O–H groups in total. The fourth-order valence-electron chi connectivity index (χ4n) is 1.83. The van der Waals surface area contributed by atoms with Crippen molar-refractivity contribution in [1.29, 1.82) is 0 Å². The second-order valence-corrected chi connectivity index (χ2v) is 4.50. The van der Waals surface area contributed by atoms with E-state index in [9.17, 15) is 0 Å². The molecule has 2 aromatic rings. The quantitative estimate of drug-likeness (QED) is 0.843. The molecule has 1 aromatic heterocycles. The van der Waals surface area contributed by atoms with Crippen molar-refractivity contribution in [3.05, 3.63) is 40.7 Å². The van der Waals surface area contributed by atoms with Gasteiger partial charge < -0.3 is 9.47 Å². The predicted octanol–water partition coefficient (Wildman–Crippen LogP) is 3.36. The molecule has 4 nitrogen and oxygen atoms in total. The molecule has 2 rings (SSSR count). The SMILES string of the molecule is CCOc1ccccc1OCc1c(C)nn(C)c1Cl. The Bertz CT molecular complexity index is 567. The first-order valence-electron chi connectivity index (χ1n) is 6.16. The van der Waals surface area contributed by atoms with Crippen molar-refractivity contribution >= 4 is 11.6 Å². The molecule has 0 aliphatic carbocycles. The van der Waals surface area contributed by atoms with Gasteiger partial charge in [0.15, 0.2) is 11.5 Å². The van der Waals surface area contributed by atoms with Crippen molar-refractivity contribution in [3.63, 3.8) is 0 Å². The highest BCUT2D eigenvalue weighted by atomic mass is 35.5. The molecular formula is C14H17ClN2O2. The molecule has 102 valence electrons. The molecule has 0 radical (unpaired) electrons. The summed E-state index contributed by atoms with van der Waals surface area (Å²) < 4.78 is 12.9. The maximum atomic E-state index is 6.17. The summed E-state index contributed by atoms with van der Waals surface area (Å²) in [6.45, 7) is 4.84. The van der Waals surface area contributed by atoms with E-state index in [0.717, 1.165) is 17.0 Å². The van der Waals surface area contributed by atoms with Crippen molar-refractivity contribution in [2.24, 2.45) is 7.05 Å². The fourth-order valence-corrected chi connectivity index (χ4v) is 2.06. The minimum atomic E-state index is 0.378. The Kier molecular flexibility index (Phi) is 4.32. The molecule has 1 aromatic carbocycles. The third-order valence-corrected chi connectivity index (χ3v) is 3.26. The summed E-state index contributed by atoms with van der Waals surface area (Å²) in [7, 11) is 1.81. The molecule has 0 aliphatic rings. The number of nitrogens with zero attached hydrogens (tertiary/aromatic N) is 2. The Morgan fingerprint density at radius 3 is 2.37 bits per heavy atom. The zero-order valence-electron chi connectivity index (χ0n) is 11.3. The molecule has 5 heteroatoms. The lowest BCUT2D eigenvalue weighted by Gasteiger charge is -2.11. The van der Waals surface area contributed by atoms with Gasteiger partial charge in [-0.25, -0.2) is 0 Å². The number of para-hydroxylation sites is 2. The van der Waals surface area contributed by atoms with Gasteiger partial charge in [0.25, 0.3) is 0 Å². The Hall–Kier alpha value is -1.68. The zero-order valence-corrected chi connectivity index (χ0v) is 12.1. The number of rotatable bonds is 5. The molecule has 0 amide bonds. The van der Waals surface area contributed by atoms with Crippen molar-refractivity contribution < 1.29 is 9.47 Å². The van der Waals surface area contributed by atoms with Gasteiger partial charge >= 0.3 is 0 Å². The van der Waals surface area contributed by atoms with E-state index >= 15 is 0 Å². The Labute approximate surface area is 117 Å². The molecule has 0 fully saturated rings. The lowest BCUT2D eigenvalue weighted by Crippen LogP contribution is -2.00. The second-order valence-electron chi connectivity index (χ2n) is 4.15. The van der Waals surface area contributed by atoms with Crippen LogP contribution in [0.3, 0.4) is 0 Å². The van der Waals surface area contributed by atoms with Crippen LogP contribution < -0.4 is 9.47 Å². The predicted molar refractivity (Wildman–Crippen MR) is 74.9 cm³/mol. The number of hydrogen-bond donors (Lipinski definition) is 0. The van der Waals surface area contributed by atoms with Gasteiger partial charge in [0.1, 0.15) is 11.8 Å². The number of ether oxygens (including phenoxy) is 2. The Morgan fingerprint density at radius 1 is 1.21 bits per heavy atom. The van der Waals surface area contributed by atoms with Crippen LogP contribution in [0.15, 0.2) is 24.3 Å². The topological polar surface area (TPSA) is 36.3 Å². The molecule has 0 atom stereocenters. The smallest absolute Gasteiger partial charge is 0.161 e. The molecule has 0 unspecified atom stereocenters. The molecule has 19 heavy (non-hydrogen) atoms. The van der Waals surface area contributed by atoms with Gasteiger partial charge in [-0.15, -0.1) is 0 Å². The van der Waals surface area contributed by atoms with Crippen molar-refractivity contribution in [2.75, 3.05) is 6.61 Å². The zero-order chi connectivity index (χ0) is 13.8. The van der Waals surface area contributed by atoms with Gasteiger partial charge in [-0.3, -0.25) is 4.68 Å². The van der Waals surface area contributed by atoms with Gasteiger partial charge in [0.05, 0.1) is 12.3 Å². The first-order chi connectivity index (χ1) is 9.13. The van der Waals surface area contributed by atoms with Gasteiger partial charge in [-0.05, 0) is 26.0 Å². The highest BCUT2D eigenvalue weighted by Gasteiger charge is 2.12. The van der Waals surface area contributed by atoms with Crippen LogP contribution in [0.1, 0.15) is 18.2 Å². The molecule has 0 bridgehead atoms. The lowest BCUT2D eigenvalue weighted by atomic mass is 10.3. The van der Waals surface area contributed by atoms with Crippen LogP contribution in [-0.4, -0.2) is 16.4 Å². The summed E-state index contributed by atoms with van der Waals surface area (Å²) in [6.07, 6.45) is 0. The number of hydrogen-bond acceptors (Lipinski definition) is 3. The monoisotopic (exact) mass is 280 g/mol. The summed E-state index contributed by atoms with van der Waals surface area (Å²) in [5.41, 5.74) is 1.77. The maximum Gasteiger partial charge on any atom is 0.161 e. The Morgan fingerprint density at radius 2 is 1.84 bits per heavy atom. The average Bonchev–Trinajstić information content (AvgIpc) is 2.63. The molecule has 0 saturated heterocycles. The minimum absolute atomic E-state index is 0.378. The molecular weight excluding hydrogens is 264 g/mol. The largest absolute Gasteiger partial charge is 0.490 e. The second kappa shape index (κ2) is 5.97. The van der Waals surface area contributed by atoms with E-state index in [1.807, 2.05) is 45.2 Å². The van der Waals surface area contributed by atoms with Crippen molar-refractivity contribution in [3.8, 4) is 11.5 Å². The fraction of sp³-hybridized carbons (Fsp3) is 0.357. The lowest BCUT2D eigenvalue weighted by molar-refractivity contribution is 0.269. The van der Waals surface area contributed by atoms with Crippen LogP contribution in [0.5, 0.6) is 11.5 Å². The van der Waals surface area contributed by atoms with Gasteiger partial charge in [0.2, 0.25) is 0 Å². The van der Waals surface area contributed by atoms with Crippen LogP contribution in [0.4, 0.5) is 0 Å².